The molecule has 0 aliphatic rings. The van der Waals surface area contributed by atoms with Crippen molar-refractivity contribution in [1.82, 2.24) is 9.80 Å². The molecular formula is C43H60F2N2O4Se2. The quantitative estimate of drug-likeness (QED) is 0.0566. The van der Waals surface area contributed by atoms with Gasteiger partial charge in [0.15, 0.2) is 0 Å². The van der Waals surface area contributed by atoms with Crippen molar-refractivity contribution >= 4 is 60.2 Å². The van der Waals surface area contributed by atoms with Gasteiger partial charge in [-0.05, 0) is 0 Å². The van der Waals surface area contributed by atoms with Gasteiger partial charge in [0.1, 0.15) is 0 Å². The number of nitrogens with zero attached hydrogens (tertiary/aromatic N) is 2. The average Bonchev–Trinajstić information content (AvgIpc) is 3.55. The standard InChI is InChI=1S/C43H60F2N2O4Se2/c1-40(2,21-36(48)50-32-17-30(44)19-34-38(32)28(23-52-34)13-15-46(9)10)25-42(5,6)27-43(7,8)26-41(3,4)22-37(49)51-33-18-31(45)20-35-39(33)29(24-53-35)14-16-47(11)12/h17-20,23-24H,13-16,21-22,25-27H2,1-12H3. The summed E-state index contributed by atoms with van der Waals surface area (Å²) in [6.45, 7) is 19.0. The predicted octanol–water partition coefficient (Wildman–Crippen LogP) is 9.16. The molecule has 0 saturated carbocycles. The molecule has 292 valence electrons. The van der Waals surface area contributed by atoms with Crippen molar-refractivity contribution < 1.29 is 27.8 Å². The second-order valence-corrected chi connectivity index (χ2v) is 22.5. The van der Waals surface area contributed by atoms with E-state index in [1.54, 1.807) is 12.1 Å². The van der Waals surface area contributed by atoms with Crippen LogP contribution in [0.5, 0.6) is 11.5 Å². The van der Waals surface area contributed by atoms with Crippen molar-refractivity contribution in [1.29, 1.82) is 0 Å². The van der Waals surface area contributed by atoms with Gasteiger partial charge in [0.25, 0.3) is 0 Å². The molecule has 0 saturated heterocycles. The monoisotopic (exact) mass is 866 g/mol. The molecule has 0 unspecified atom stereocenters. The number of benzene rings is 2. The van der Waals surface area contributed by atoms with Crippen molar-refractivity contribution in [3.63, 3.8) is 0 Å². The van der Waals surface area contributed by atoms with Crippen LogP contribution in [0.25, 0.3) is 19.3 Å². The zero-order valence-corrected chi connectivity index (χ0v) is 37.4. The summed E-state index contributed by atoms with van der Waals surface area (Å²) in [7, 11) is 8.10. The van der Waals surface area contributed by atoms with Gasteiger partial charge < -0.3 is 0 Å². The Labute approximate surface area is 328 Å². The summed E-state index contributed by atoms with van der Waals surface area (Å²) in [4.78, 5) is 35.4. The minimum absolute atomic E-state index is 0.0143. The zero-order valence-electron chi connectivity index (χ0n) is 33.9. The number of carbonyl (C=O) groups excluding carboxylic acids is 2. The van der Waals surface area contributed by atoms with Gasteiger partial charge in [-0.25, -0.2) is 0 Å². The van der Waals surface area contributed by atoms with E-state index in [-0.39, 0.29) is 87.1 Å². The first-order chi connectivity index (χ1) is 24.4. The molecule has 0 fully saturated rings. The van der Waals surface area contributed by atoms with Crippen molar-refractivity contribution in [3.05, 3.63) is 56.9 Å². The van der Waals surface area contributed by atoms with E-state index in [4.69, 9.17) is 9.47 Å². The summed E-state index contributed by atoms with van der Waals surface area (Å²) in [5.41, 5.74) is 1.24. The van der Waals surface area contributed by atoms with Gasteiger partial charge in [0.05, 0.1) is 0 Å². The molecule has 0 amide bonds. The topological polar surface area (TPSA) is 59.1 Å². The number of likely N-dealkylation sites (N-methyl/N-ethyl adjacent to an activating group) is 2. The van der Waals surface area contributed by atoms with Crippen molar-refractivity contribution in [2.24, 2.45) is 21.7 Å². The number of hydrogen-bond donors (Lipinski definition) is 0. The molecule has 2 aromatic carbocycles. The maximum absolute atomic E-state index is 14.6. The SMILES string of the molecule is CN(C)CCc1c[se]c2cc(F)cc(OC(=O)CC(C)(C)CC(C)(C)CC(C)(C)CC(C)(C)CC(=O)Oc3cc(F)cc4[se]cc(CCN(C)C)c34)c12. The molecule has 0 aliphatic carbocycles. The van der Waals surface area contributed by atoms with Crippen LogP contribution in [0.15, 0.2) is 34.1 Å². The summed E-state index contributed by atoms with van der Waals surface area (Å²) < 4.78 is 42.9. The fraction of sp³-hybridized carbons (Fsp3) is 0.581. The van der Waals surface area contributed by atoms with Crippen molar-refractivity contribution in [2.75, 3.05) is 41.3 Å². The number of fused-ring (bicyclic) bond motifs is 2. The minimum atomic E-state index is -0.380. The Balaban J connectivity index is 1.37. The van der Waals surface area contributed by atoms with E-state index in [1.807, 2.05) is 28.2 Å². The molecule has 6 nitrogen and oxygen atoms in total. The maximum atomic E-state index is 14.6. The molecule has 0 bridgehead atoms. The van der Waals surface area contributed by atoms with Crippen LogP contribution < -0.4 is 9.47 Å². The van der Waals surface area contributed by atoms with Gasteiger partial charge >= 0.3 is 330 Å². The Morgan fingerprint density at radius 1 is 0.585 bits per heavy atom. The van der Waals surface area contributed by atoms with E-state index >= 15 is 0 Å². The van der Waals surface area contributed by atoms with E-state index in [2.05, 4.69) is 75.1 Å². The van der Waals surface area contributed by atoms with Crippen LogP contribution in [0, 0.1) is 33.3 Å². The number of hydrogen-bond acceptors (Lipinski definition) is 6. The average molecular weight is 865 g/mol. The van der Waals surface area contributed by atoms with Gasteiger partial charge in [0, 0.05) is 0 Å². The third-order valence-electron chi connectivity index (χ3n) is 9.58. The molecule has 4 rings (SSSR count). The first-order valence-electron chi connectivity index (χ1n) is 18.5. The van der Waals surface area contributed by atoms with Crippen molar-refractivity contribution in [3.8, 4) is 11.5 Å². The molecule has 0 radical (unpaired) electrons. The van der Waals surface area contributed by atoms with Gasteiger partial charge in [-0.1, -0.05) is 0 Å². The molecule has 2 heterocycles. The number of rotatable bonds is 18. The third kappa shape index (κ3) is 12.9. The molecule has 2 aromatic heterocycles. The molecule has 10 heteroatoms. The van der Waals surface area contributed by atoms with E-state index in [1.165, 1.54) is 12.1 Å². The Hall–Kier alpha value is -2.32. The summed E-state index contributed by atoms with van der Waals surface area (Å²) in [6.07, 6.45) is 4.46. The number of esters is 2. The number of halogens is 2. The van der Waals surface area contributed by atoms with E-state index in [9.17, 15) is 18.4 Å². The molecule has 53 heavy (non-hydrogen) atoms. The first kappa shape index (κ1) is 43.4. The number of ether oxygens (including phenoxy) is 2. The van der Waals surface area contributed by atoms with Gasteiger partial charge in [0.2, 0.25) is 0 Å². The molecule has 0 atom stereocenters. The third-order valence-corrected chi connectivity index (χ3v) is 13.7. The summed E-state index contributed by atoms with van der Waals surface area (Å²) in [6, 6.07) is 5.85. The Morgan fingerprint density at radius 3 is 1.26 bits per heavy atom. The van der Waals surface area contributed by atoms with Crippen LogP contribution in [-0.4, -0.2) is 92.0 Å². The second kappa shape index (κ2) is 17.2. The fourth-order valence-electron chi connectivity index (χ4n) is 8.77. The van der Waals surface area contributed by atoms with E-state index in [0.29, 0.717) is 11.5 Å². The summed E-state index contributed by atoms with van der Waals surface area (Å²) in [5.74, 6) is -0.808. The van der Waals surface area contributed by atoms with Crippen molar-refractivity contribution in [2.45, 2.75) is 100 Å². The van der Waals surface area contributed by atoms with Crippen LogP contribution in [0.3, 0.4) is 0 Å². The van der Waals surface area contributed by atoms with Crippen LogP contribution in [0.1, 0.15) is 98.6 Å². The summed E-state index contributed by atoms with van der Waals surface area (Å²) >= 11 is 0.0285. The van der Waals surface area contributed by atoms with Gasteiger partial charge in [-0.2, -0.15) is 0 Å². The van der Waals surface area contributed by atoms with Gasteiger partial charge in [-0.3, -0.25) is 0 Å². The Morgan fingerprint density at radius 2 is 0.925 bits per heavy atom. The first-order valence-corrected chi connectivity index (χ1v) is 22.2. The zero-order chi connectivity index (χ0) is 39.5. The Kier molecular flexibility index (Phi) is 14.1. The van der Waals surface area contributed by atoms with E-state index < -0.39 is 0 Å². The number of carbonyl (C=O) groups is 2. The van der Waals surface area contributed by atoms with Gasteiger partial charge in [-0.15, -0.1) is 0 Å². The van der Waals surface area contributed by atoms with Crippen LogP contribution in [0.2, 0.25) is 0 Å². The Bertz CT molecular complexity index is 1770. The predicted molar refractivity (Wildman–Crippen MR) is 216 cm³/mol. The van der Waals surface area contributed by atoms with E-state index in [0.717, 1.165) is 75.6 Å². The normalized spacial score (nSPS) is 13.1. The molecular weight excluding hydrogens is 804 g/mol. The second-order valence-electron chi connectivity index (χ2n) is 18.7. The van der Waals surface area contributed by atoms with Crippen LogP contribution in [-0.2, 0) is 22.4 Å². The van der Waals surface area contributed by atoms with Crippen LogP contribution in [0.4, 0.5) is 8.78 Å². The summed E-state index contributed by atoms with van der Waals surface area (Å²) in [5, 5.41) is 1.77. The molecule has 0 spiro atoms. The fourth-order valence-corrected chi connectivity index (χ4v) is 13.1. The molecule has 4 aromatic rings. The molecule has 0 N–H and O–H groups in total. The van der Waals surface area contributed by atoms with Crippen LogP contribution >= 0.6 is 0 Å². The molecule has 0 aliphatic heterocycles.